The Bertz CT molecular complexity index is 913. The number of amides is 1. The van der Waals surface area contributed by atoms with Gasteiger partial charge in [0.15, 0.2) is 0 Å². The summed E-state index contributed by atoms with van der Waals surface area (Å²) in [5.74, 6) is 0.00697. The lowest BCUT2D eigenvalue weighted by Crippen LogP contribution is -2.14. The number of halogens is 3. The van der Waals surface area contributed by atoms with Crippen molar-refractivity contribution in [1.29, 1.82) is 0 Å². The normalized spacial score (nSPS) is 10.4. The van der Waals surface area contributed by atoms with E-state index in [0.29, 0.717) is 37.6 Å². The summed E-state index contributed by atoms with van der Waals surface area (Å²) in [7, 11) is 0. The average molecular weight is 408 g/mol. The highest BCUT2D eigenvalue weighted by molar-refractivity contribution is 6.36. The Hall–Kier alpha value is -2.27. The van der Waals surface area contributed by atoms with E-state index >= 15 is 0 Å². The minimum absolute atomic E-state index is 0.118. The first kappa shape index (κ1) is 18.5. The van der Waals surface area contributed by atoms with E-state index in [1.54, 1.807) is 54.9 Å². The summed E-state index contributed by atoms with van der Waals surface area (Å²) < 4.78 is 5.79. The molecule has 4 nitrogen and oxygen atoms in total. The molecule has 0 spiro atoms. The van der Waals surface area contributed by atoms with Crippen LogP contribution in [0.5, 0.6) is 5.75 Å². The van der Waals surface area contributed by atoms with Gasteiger partial charge in [-0.25, -0.2) is 0 Å². The maximum Gasteiger partial charge on any atom is 0.259 e. The molecule has 0 unspecified atom stereocenters. The number of rotatable bonds is 5. The van der Waals surface area contributed by atoms with Crippen LogP contribution in [0, 0.1) is 0 Å². The van der Waals surface area contributed by atoms with E-state index in [4.69, 9.17) is 39.5 Å². The SMILES string of the molecule is O=C(Nc1cccnc1)c1cc(Cl)ccc1OCc1c(Cl)cccc1Cl. The molecule has 0 atom stereocenters. The third-order valence-electron chi connectivity index (χ3n) is 3.54. The van der Waals surface area contributed by atoms with Crippen LogP contribution in [-0.2, 0) is 6.61 Å². The molecule has 0 aliphatic carbocycles. The number of hydrogen-bond donors (Lipinski definition) is 1. The number of hydrogen-bond acceptors (Lipinski definition) is 3. The molecule has 1 aromatic heterocycles. The van der Waals surface area contributed by atoms with E-state index in [-0.39, 0.29) is 12.5 Å². The lowest BCUT2D eigenvalue weighted by atomic mass is 10.1. The van der Waals surface area contributed by atoms with Crippen LogP contribution >= 0.6 is 34.8 Å². The number of pyridine rings is 1. The van der Waals surface area contributed by atoms with Crippen molar-refractivity contribution in [2.24, 2.45) is 0 Å². The third kappa shape index (κ3) is 4.47. The Labute approximate surface area is 165 Å². The predicted molar refractivity (Wildman–Crippen MR) is 104 cm³/mol. The molecule has 3 aromatic rings. The number of nitrogens with zero attached hydrogens (tertiary/aromatic N) is 1. The Morgan fingerprint density at radius 3 is 2.50 bits per heavy atom. The average Bonchev–Trinajstić information content (AvgIpc) is 2.63. The summed E-state index contributed by atoms with van der Waals surface area (Å²) in [6.45, 7) is 0.118. The van der Waals surface area contributed by atoms with Gasteiger partial charge in [0.05, 0.1) is 17.4 Å². The molecular formula is C19H13Cl3N2O2. The molecule has 0 aliphatic heterocycles. The van der Waals surface area contributed by atoms with Gasteiger partial charge in [-0.3, -0.25) is 9.78 Å². The Morgan fingerprint density at radius 2 is 1.81 bits per heavy atom. The first-order valence-electron chi connectivity index (χ1n) is 7.61. The maximum atomic E-state index is 12.6. The van der Waals surface area contributed by atoms with Gasteiger partial charge in [0, 0.05) is 26.8 Å². The van der Waals surface area contributed by atoms with Crippen molar-refractivity contribution in [2.75, 3.05) is 5.32 Å². The molecule has 7 heteroatoms. The fraction of sp³-hybridized carbons (Fsp3) is 0.0526. The van der Waals surface area contributed by atoms with Gasteiger partial charge in [0.25, 0.3) is 5.91 Å². The van der Waals surface area contributed by atoms with Crippen LogP contribution in [-0.4, -0.2) is 10.9 Å². The van der Waals surface area contributed by atoms with Crippen molar-refractivity contribution < 1.29 is 9.53 Å². The largest absolute Gasteiger partial charge is 0.488 e. The minimum atomic E-state index is -0.360. The summed E-state index contributed by atoms with van der Waals surface area (Å²) in [4.78, 5) is 16.6. The van der Waals surface area contributed by atoms with Crippen LogP contribution in [0.15, 0.2) is 60.9 Å². The minimum Gasteiger partial charge on any atom is -0.488 e. The molecule has 1 amide bonds. The molecule has 132 valence electrons. The number of anilines is 1. The van der Waals surface area contributed by atoms with Crippen molar-refractivity contribution in [1.82, 2.24) is 4.98 Å². The lowest BCUT2D eigenvalue weighted by molar-refractivity contribution is 0.102. The molecule has 0 saturated heterocycles. The lowest BCUT2D eigenvalue weighted by Gasteiger charge is -2.13. The number of carbonyl (C=O) groups excluding carboxylic acids is 1. The molecule has 0 radical (unpaired) electrons. The number of ether oxygens (including phenoxy) is 1. The molecule has 3 rings (SSSR count). The fourth-order valence-corrected chi connectivity index (χ4v) is 2.94. The van der Waals surface area contributed by atoms with E-state index < -0.39 is 0 Å². The zero-order chi connectivity index (χ0) is 18.5. The van der Waals surface area contributed by atoms with E-state index in [0.717, 1.165) is 0 Å². The van der Waals surface area contributed by atoms with Crippen molar-refractivity contribution in [2.45, 2.75) is 6.61 Å². The zero-order valence-corrected chi connectivity index (χ0v) is 15.6. The van der Waals surface area contributed by atoms with E-state index in [1.807, 2.05) is 0 Å². The summed E-state index contributed by atoms with van der Waals surface area (Å²) >= 11 is 18.4. The molecule has 2 aromatic carbocycles. The van der Waals surface area contributed by atoms with Crippen molar-refractivity contribution in [3.63, 3.8) is 0 Å². The van der Waals surface area contributed by atoms with Gasteiger partial charge in [0.1, 0.15) is 12.4 Å². The Balaban J connectivity index is 1.83. The second kappa shape index (κ2) is 8.41. The van der Waals surface area contributed by atoms with Crippen molar-refractivity contribution in [3.05, 3.63) is 87.1 Å². The van der Waals surface area contributed by atoms with Crippen LogP contribution in [0.3, 0.4) is 0 Å². The highest BCUT2D eigenvalue weighted by atomic mass is 35.5. The first-order chi connectivity index (χ1) is 12.5. The van der Waals surface area contributed by atoms with Gasteiger partial charge in [-0.05, 0) is 42.5 Å². The second-order valence-corrected chi connectivity index (χ2v) is 6.58. The van der Waals surface area contributed by atoms with Gasteiger partial charge < -0.3 is 10.1 Å². The van der Waals surface area contributed by atoms with Crippen molar-refractivity contribution in [3.8, 4) is 5.75 Å². The molecule has 0 saturated carbocycles. The van der Waals surface area contributed by atoms with E-state index in [2.05, 4.69) is 10.3 Å². The molecule has 0 fully saturated rings. The number of nitrogens with one attached hydrogen (secondary N) is 1. The smallest absolute Gasteiger partial charge is 0.259 e. The van der Waals surface area contributed by atoms with Gasteiger partial charge in [0.2, 0.25) is 0 Å². The molecule has 0 bridgehead atoms. The first-order valence-corrected chi connectivity index (χ1v) is 8.74. The third-order valence-corrected chi connectivity index (χ3v) is 4.48. The summed E-state index contributed by atoms with van der Waals surface area (Å²) in [5.41, 5.74) is 1.51. The standard InChI is InChI=1S/C19H13Cl3N2O2/c20-12-6-7-18(26-11-15-16(21)4-1-5-17(15)22)14(9-12)19(25)24-13-3-2-8-23-10-13/h1-10H,11H2,(H,24,25). The van der Waals surface area contributed by atoms with Crippen LogP contribution in [0.2, 0.25) is 15.1 Å². The molecular weight excluding hydrogens is 395 g/mol. The predicted octanol–water partition coefficient (Wildman–Crippen LogP) is 5.87. The van der Waals surface area contributed by atoms with E-state index in [1.165, 1.54) is 6.07 Å². The molecule has 0 aliphatic rings. The van der Waals surface area contributed by atoms with Gasteiger partial charge in [-0.15, -0.1) is 0 Å². The number of benzene rings is 2. The molecule has 1 N–H and O–H groups in total. The zero-order valence-electron chi connectivity index (χ0n) is 13.4. The Morgan fingerprint density at radius 1 is 1.04 bits per heavy atom. The molecule has 1 heterocycles. The molecule has 26 heavy (non-hydrogen) atoms. The van der Waals surface area contributed by atoms with Crippen LogP contribution in [0.25, 0.3) is 0 Å². The van der Waals surface area contributed by atoms with Crippen molar-refractivity contribution >= 4 is 46.4 Å². The highest BCUT2D eigenvalue weighted by Crippen LogP contribution is 2.28. The maximum absolute atomic E-state index is 12.6. The van der Waals surface area contributed by atoms with Crippen LogP contribution in [0.1, 0.15) is 15.9 Å². The Kier molecular flexibility index (Phi) is 5.99. The fourth-order valence-electron chi connectivity index (χ4n) is 2.26. The highest BCUT2D eigenvalue weighted by Gasteiger charge is 2.15. The van der Waals surface area contributed by atoms with Gasteiger partial charge in [-0.1, -0.05) is 40.9 Å². The monoisotopic (exact) mass is 406 g/mol. The summed E-state index contributed by atoms with van der Waals surface area (Å²) in [5, 5.41) is 4.16. The van der Waals surface area contributed by atoms with Crippen LogP contribution in [0.4, 0.5) is 5.69 Å². The summed E-state index contributed by atoms with van der Waals surface area (Å²) in [6, 6.07) is 13.5. The van der Waals surface area contributed by atoms with Gasteiger partial charge >= 0.3 is 0 Å². The number of carbonyl (C=O) groups is 1. The van der Waals surface area contributed by atoms with Crippen LogP contribution < -0.4 is 10.1 Å². The number of aromatic nitrogens is 1. The second-order valence-electron chi connectivity index (χ2n) is 5.33. The summed E-state index contributed by atoms with van der Waals surface area (Å²) in [6.07, 6.45) is 3.17. The quantitative estimate of drug-likeness (QED) is 0.575. The topological polar surface area (TPSA) is 51.2 Å². The van der Waals surface area contributed by atoms with E-state index in [9.17, 15) is 4.79 Å². The van der Waals surface area contributed by atoms with Gasteiger partial charge in [-0.2, -0.15) is 0 Å².